The standard InChI is InChI=1S/C19H24N2O3S/c1-12(2)19-21-15(11-25-19)6-7-20-18(22)14-8-13-4-5-16(23-3)9-17(13)24-10-14/h4-5,9,11-12,14H,6-8,10H2,1-3H3,(H,20,22)/t14-/m0/s1. The SMILES string of the molecule is COc1ccc2c(c1)OC[C@@H](C(=O)NCCc1csc(C(C)C)n1)C2. The van der Waals surface area contributed by atoms with Crippen molar-refractivity contribution in [2.45, 2.75) is 32.6 Å². The van der Waals surface area contributed by atoms with Crippen LogP contribution in [0.2, 0.25) is 0 Å². The molecule has 1 aromatic heterocycles. The molecule has 25 heavy (non-hydrogen) atoms. The summed E-state index contributed by atoms with van der Waals surface area (Å²) in [5, 5.41) is 6.24. The second-order valence-corrected chi connectivity index (χ2v) is 7.45. The van der Waals surface area contributed by atoms with Crippen molar-refractivity contribution in [3.63, 3.8) is 0 Å². The molecule has 5 nitrogen and oxygen atoms in total. The van der Waals surface area contributed by atoms with Gasteiger partial charge in [0.2, 0.25) is 5.91 Å². The minimum absolute atomic E-state index is 0.0424. The normalized spacial score (nSPS) is 16.2. The number of nitrogens with one attached hydrogen (secondary N) is 1. The van der Waals surface area contributed by atoms with Crippen LogP contribution < -0.4 is 14.8 Å². The molecule has 0 radical (unpaired) electrons. The van der Waals surface area contributed by atoms with Crippen LogP contribution in [0.25, 0.3) is 0 Å². The molecule has 1 atom stereocenters. The van der Waals surface area contributed by atoms with Gasteiger partial charge in [0.15, 0.2) is 0 Å². The lowest BCUT2D eigenvalue weighted by molar-refractivity contribution is -0.126. The number of nitrogens with zero attached hydrogens (tertiary/aromatic N) is 1. The van der Waals surface area contributed by atoms with E-state index in [9.17, 15) is 4.79 Å². The molecule has 3 rings (SSSR count). The number of hydrogen-bond donors (Lipinski definition) is 1. The number of thiazole rings is 1. The smallest absolute Gasteiger partial charge is 0.226 e. The van der Waals surface area contributed by atoms with Crippen LogP contribution in [0.4, 0.5) is 0 Å². The van der Waals surface area contributed by atoms with Crippen molar-refractivity contribution in [3.8, 4) is 11.5 Å². The van der Waals surface area contributed by atoms with Crippen LogP contribution in [-0.4, -0.2) is 31.2 Å². The van der Waals surface area contributed by atoms with Gasteiger partial charge in [-0.1, -0.05) is 19.9 Å². The van der Waals surface area contributed by atoms with Crippen LogP contribution in [0.3, 0.4) is 0 Å². The summed E-state index contributed by atoms with van der Waals surface area (Å²) in [5.74, 6) is 1.92. The molecule has 1 amide bonds. The van der Waals surface area contributed by atoms with Crippen molar-refractivity contribution in [2.24, 2.45) is 5.92 Å². The third-order valence-electron chi connectivity index (χ3n) is 4.30. The minimum atomic E-state index is -0.150. The van der Waals surface area contributed by atoms with Gasteiger partial charge < -0.3 is 14.8 Å². The average Bonchev–Trinajstić information content (AvgIpc) is 3.10. The maximum Gasteiger partial charge on any atom is 0.226 e. The fraction of sp³-hybridized carbons (Fsp3) is 0.474. The Labute approximate surface area is 152 Å². The van der Waals surface area contributed by atoms with E-state index in [0.29, 0.717) is 25.5 Å². The first kappa shape index (κ1) is 17.7. The molecule has 1 aliphatic heterocycles. The van der Waals surface area contributed by atoms with Gasteiger partial charge in [0.05, 0.1) is 23.7 Å². The Morgan fingerprint density at radius 1 is 1.48 bits per heavy atom. The quantitative estimate of drug-likeness (QED) is 0.859. The van der Waals surface area contributed by atoms with E-state index in [1.807, 2.05) is 18.2 Å². The summed E-state index contributed by atoms with van der Waals surface area (Å²) in [5.41, 5.74) is 2.10. The second kappa shape index (κ2) is 7.87. The second-order valence-electron chi connectivity index (χ2n) is 6.56. The zero-order valence-electron chi connectivity index (χ0n) is 14.9. The Bertz CT molecular complexity index is 742. The molecular formula is C19H24N2O3S. The van der Waals surface area contributed by atoms with Crippen molar-refractivity contribution in [1.29, 1.82) is 0 Å². The monoisotopic (exact) mass is 360 g/mol. The molecule has 1 aliphatic rings. The number of rotatable bonds is 6. The number of ether oxygens (including phenoxy) is 2. The van der Waals surface area contributed by atoms with Crippen LogP contribution in [0.1, 0.15) is 36.0 Å². The third kappa shape index (κ3) is 4.31. The summed E-state index contributed by atoms with van der Waals surface area (Å²) in [6, 6.07) is 5.74. The van der Waals surface area contributed by atoms with Crippen LogP contribution >= 0.6 is 11.3 Å². The average molecular weight is 360 g/mol. The highest BCUT2D eigenvalue weighted by Gasteiger charge is 2.26. The van der Waals surface area contributed by atoms with Crippen LogP contribution in [-0.2, 0) is 17.6 Å². The fourth-order valence-electron chi connectivity index (χ4n) is 2.81. The molecule has 134 valence electrons. The molecule has 1 N–H and O–H groups in total. The molecular weight excluding hydrogens is 336 g/mol. The first-order chi connectivity index (χ1) is 12.1. The summed E-state index contributed by atoms with van der Waals surface area (Å²) in [7, 11) is 1.63. The number of carbonyl (C=O) groups excluding carboxylic acids is 1. The number of amides is 1. The number of benzene rings is 1. The summed E-state index contributed by atoms with van der Waals surface area (Å²) in [6.45, 7) is 5.29. The first-order valence-electron chi connectivity index (χ1n) is 8.58. The lowest BCUT2D eigenvalue weighted by Gasteiger charge is -2.25. The first-order valence-corrected chi connectivity index (χ1v) is 9.46. The van der Waals surface area contributed by atoms with E-state index in [0.717, 1.165) is 34.2 Å². The topological polar surface area (TPSA) is 60.5 Å². The van der Waals surface area contributed by atoms with Crippen LogP contribution in [0.15, 0.2) is 23.6 Å². The van der Waals surface area contributed by atoms with E-state index in [4.69, 9.17) is 9.47 Å². The largest absolute Gasteiger partial charge is 0.497 e. The van der Waals surface area contributed by atoms with Crippen molar-refractivity contribution >= 4 is 17.2 Å². The fourth-order valence-corrected chi connectivity index (χ4v) is 3.68. The zero-order chi connectivity index (χ0) is 17.8. The number of hydrogen-bond acceptors (Lipinski definition) is 5. The Morgan fingerprint density at radius 2 is 2.32 bits per heavy atom. The minimum Gasteiger partial charge on any atom is -0.497 e. The lowest BCUT2D eigenvalue weighted by Crippen LogP contribution is -2.38. The molecule has 2 heterocycles. The predicted molar refractivity (Wildman–Crippen MR) is 98.6 cm³/mol. The van der Waals surface area contributed by atoms with E-state index >= 15 is 0 Å². The summed E-state index contributed by atoms with van der Waals surface area (Å²) >= 11 is 1.69. The van der Waals surface area contributed by atoms with Gasteiger partial charge in [0, 0.05) is 30.3 Å². The summed E-state index contributed by atoms with van der Waals surface area (Å²) in [6.07, 6.45) is 1.45. The summed E-state index contributed by atoms with van der Waals surface area (Å²) in [4.78, 5) is 17.0. The predicted octanol–water partition coefficient (Wildman–Crippen LogP) is 3.19. The molecule has 1 aromatic carbocycles. The van der Waals surface area contributed by atoms with E-state index in [1.54, 1.807) is 18.4 Å². The highest BCUT2D eigenvalue weighted by atomic mass is 32.1. The molecule has 2 aromatic rings. The number of methoxy groups -OCH3 is 1. The Kier molecular flexibility index (Phi) is 5.58. The van der Waals surface area contributed by atoms with Crippen LogP contribution in [0, 0.1) is 5.92 Å². The highest BCUT2D eigenvalue weighted by molar-refractivity contribution is 7.09. The van der Waals surface area contributed by atoms with Crippen molar-refractivity contribution < 1.29 is 14.3 Å². The maximum absolute atomic E-state index is 12.4. The van der Waals surface area contributed by atoms with Crippen molar-refractivity contribution in [2.75, 3.05) is 20.3 Å². The van der Waals surface area contributed by atoms with Gasteiger partial charge in [-0.15, -0.1) is 11.3 Å². The highest BCUT2D eigenvalue weighted by Crippen LogP contribution is 2.31. The maximum atomic E-state index is 12.4. The number of aromatic nitrogens is 1. The Balaban J connectivity index is 1.50. The van der Waals surface area contributed by atoms with E-state index in [-0.39, 0.29) is 11.8 Å². The molecule has 6 heteroatoms. The molecule has 0 saturated carbocycles. The van der Waals surface area contributed by atoms with E-state index < -0.39 is 0 Å². The molecule has 0 saturated heterocycles. The molecule has 0 unspecified atom stereocenters. The lowest BCUT2D eigenvalue weighted by atomic mass is 9.96. The zero-order valence-corrected chi connectivity index (χ0v) is 15.7. The summed E-state index contributed by atoms with van der Waals surface area (Å²) < 4.78 is 10.9. The molecule has 0 spiro atoms. The van der Waals surface area contributed by atoms with Gasteiger partial charge in [-0.05, 0) is 18.1 Å². The van der Waals surface area contributed by atoms with Crippen molar-refractivity contribution in [1.82, 2.24) is 10.3 Å². The van der Waals surface area contributed by atoms with Crippen LogP contribution in [0.5, 0.6) is 11.5 Å². The van der Waals surface area contributed by atoms with Gasteiger partial charge in [0.25, 0.3) is 0 Å². The van der Waals surface area contributed by atoms with E-state index in [2.05, 4.69) is 29.5 Å². The Hall–Kier alpha value is -2.08. The van der Waals surface area contributed by atoms with Gasteiger partial charge in [-0.3, -0.25) is 4.79 Å². The molecule has 0 fully saturated rings. The van der Waals surface area contributed by atoms with Gasteiger partial charge in [-0.2, -0.15) is 0 Å². The van der Waals surface area contributed by atoms with Gasteiger partial charge >= 0.3 is 0 Å². The van der Waals surface area contributed by atoms with Gasteiger partial charge in [-0.25, -0.2) is 4.98 Å². The molecule has 0 aliphatic carbocycles. The Morgan fingerprint density at radius 3 is 3.04 bits per heavy atom. The van der Waals surface area contributed by atoms with Crippen molar-refractivity contribution in [3.05, 3.63) is 39.8 Å². The number of carbonyl (C=O) groups is 1. The van der Waals surface area contributed by atoms with E-state index in [1.165, 1.54) is 0 Å². The molecule has 0 bridgehead atoms. The van der Waals surface area contributed by atoms with Gasteiger partial charge in [0.1, 0.15) is 18.1 Å². The third-order valence-corrected chi connectivity index (χ3v) is 5.49. The number of fused-ring (bicyclic) bond motifs is 1.